The monoisotopic (exact) mass is 156 g/mol. The zero-order chi connectivity index (χ0) is 8.10. The van der Waals surface area contributed by atoms with Gasteiger partial charge < -0.3 is 9.53 Å². The van der Waals surface area contributed by atoms with Gasteiger partial charge in [-0.2, -0.15) is 0 Å². The van der Waals surface area contributed by atoms with Gasteiger partial charge in [-0.15, -0.1) is 0 Å². The van der Waals surface area contributed by atoms with Gasteiger partial charge in [0.05, 0.1) is 0 Å². The molecule has 1 aliphatic carbocycles. The van der Waals surface area contributed by atoms with E-state index in [1.54, 1.807) is 0 Å². The molecular formula is C9H16O2. The summed E-state index contributed by atoms with van der Waals surface area (Å²) in [5.74, 6) is 0.761. The second-order valence-electron chi connectivity index (χ2n) is 3.16. The van der Waals surface area contributed by atoms with E-state index in [0.29, 0.717) is 6.61 Å². The fourth-order valence-electron chi connectivity index (χ4n) is 1.43. The maximum absolute atomic E-state index is 10.4. The molecule has 1 saturated carbocycles. The number of hydrogen-bond acceptors (Lipinski definition) is 2. The Balaban J connectivity index is 2.13. The summed E-state index contributed by atoms with van der Waals surface area (Å²) in [6.07, 6.45) is 5.65. The van der Waals surface area contributed by atoms with Gasteiger partial charge in [0.15, 0.2) is 0 Å². The summed E-state index contributed by atoms with van der Waals surface area (Å²) in [5.41, 5.74) is 0. The molecule has 1 fully saturated rings. The van der Waals surface area contributed by atoms with Crippen LogP contribution in [0.15, 0.2) is 0 Å². The molecule has 0 bridgehead atoms. The van der Waals surface area contributed by atoms with Gasteiger partial charge in [0.25, 0.3) is 0 Å². The van der Waals surface area contributed by atoms with Gasteiger partial charge in [-0.3, -0.25) is 0 Å². The van der Waals surface area contributed by atoms with Crippen LogP contribution in [-0.2, 0) is 9.53 Å². The predicted molar refractivity (Wildman–Crippen MR) is 43.4 cm³/mol. The second kappa shape index (κ2) is 4.50. The van der Waals surface area contributed by atoms with Crippen molar-refractivity contribution in [2.45, 2.75) is 38.7 Å². The fourth-order valence-corrected chi connectivity index (χ4v) is 1.43. The van der Waals surface area contributed by atoms with E-state index in [0.717, 1.165) is 18.6 Å². The molecule has 0 aromatic heterocycles. The lowest BCUT2D eigenvalue weighted by molar-refractivity contribution is -0.119. The number of hydrogen-bond donors (Lipinski definition) is 0. The van der Waals surface area contributed by atoms with Gasteiger partial charge in [0, 0.05) is 6.61 Å². The summed E-state index contributed by atoms with van der Waals surface area (Å²) in [6, 6.07) is 0. The first-order chi connectivity index (χ1) is 5.36. The zero-order valence-corrected chi connectivity index (χ0v) is 7.08. The van der Waals surface area contributed by atoms with Crippen molar-refractivity contribution in [1.82, 2.24) is 0 Å². The van der Waals surface area contributed by atoms with E-state index < -0.39 is 0 Å². The number of aldehydes is 1. The van der Waals surface area contributed by atoms with Crippen LogP contribution in [0.4, 0.5) is 0 Å². The van der Waals surface area contributed by atoms with Gasteiger partial charge in [0.1, 0.15) is 12.4 Å². The Morgan fingerprint density at radius 2 is 2.36 bits per heavy atom. The Morgan fingerprint density at radius 3 is 2.73 bits per heavy atom. The van der Waals surface area contributed by atoms with E-state index in [9.17, 15) is 4.79 Å². The van der Waals surface area contributed by atoms with Crippen LogP contribution in [0.25, 0.3) is 0 Å². The van der Waals surface area contributed by atoms with Crippen molar-refractivity contribution in [3.05, 3.63) is 0 Å². The molecule has 0 radical (unpaired) electrons. The molecule has 0 aliphatic heterocycles. The lowest BCUT2D eigenvalue weighted by atomic mass is 9.81. The zero-order valence-electron chi connectivity index (χ0n) is 7.08. The molecule has 1 atom stereocenters. The van der Waals surface area contributed by atoms with Crippen LogP contribution in [0.3, 0.4) is 0 Å². The van der Waals surface area contributed by atoms with Crippen molar-refractivity contribution in [3.63, 3.8) is 0 Å². The van der Waals surface area contributed by atoms with Crippen LogP contribution >= 0.6 is 0 Å². The number of ether oxygens (including phenoxy) is 1. The summed E-state index contributed by atoms with van der Waals surface area (Å²) in [5, 5.41) is 0. The fraction of sp³-hybridized carbons (Fsp3) is 0.889. The molecule has 0 saturated heterocycles. The molecule has 0 aromatic rings. The molecule has 11 heavy (non-hydrogen) atoms. The Morgan fingerprint density at radius 1 is 1.64 bits per heavy atom. The van der Waals surface area contributed by atoms with E-state index in [-0.39, 0.29) is 6.10 Å². The van der Waals surface area contributed by atoms with Crippen LogP contribution in [0.2, 0.25) is 0 Å². The molecule has 0 heterocycles. The highest BCUT2D eigenvalue weighted by atomic mass is 16.5. The van der Waals surface area contributed by atoms with Gasteiger partial charge >= 0.3 is 0 Å². The van der Waals surface area contributed by atoms with Crippen LogP contribution in [0, 0.1) is 5.92 Å². The van der Waals surface area contributed by atoms with Crippen molar-refractivity contribution in [2.75, 3.05) is 6.61 Å². The number of carbonyl (C=O) groups excluding carboxylic acids is 1. The van der Waals surface area contributed by atoms with Gasteiger partial charge in [-0.05, 0) is 19.3 Å². The lowest BCUT2D eigenvalue weighted by Crippen LogP contribution is -2.22. The highest BCUT2D eigenvalue weighted by molar-refractivity contribution is 5.55. The van der Waals surface area contributed by atoms with E-state index in [4.69, 9.17) is 4.74 Å². The first-order valence-electron chi connectivity index (χ1n) is 4.43. The molecular weight excluding hydrogens is 140 g/mol. The van der Waals surface area contributed by atoms with Gasteiger partial charge in [-0.1, -0.05) is 19.3 Å². The van der Waals surface area contributed by atoms with Crippen molar-refractivity contribution < 1.29 is 9.53 Å². The maximum Gasteiger partial charge on any atom is 0.148 e. The second-order valence-corrected chi connectivity index (χ2v) is 3.16. The van der Waals surface area contributed by atoms with Crippen LogP contribution in [-0.4, -0.2) is 19.0 Å². The third-order valence-corrected chi connectivity index (χ3v) is 2.32. The lowest BCUT2D eigenvalue weighted by Gasteiger charge is -2.27. The summed E-state index contributed by atoms with van der Waals surface area (Å²) >= 11 is 0. The minimum atomic E-state index is -0.134. The van der Waals surface area contributed by atoms with E-state index in [1.165, 1.54) is 19.3 Å². The minimum absolute atomic E-state index is 0.134. The molecule has 1 aliphatic rings. The Kier molecular flexibility index (Phi) is 3.57. The SMILES string of the molecule is CCOC(C=O)CC1CCC1. The van der Waals surface area contributed by atoms with Crippen molar-refractivity contribution in [3.8, 4) is 0 Å². The molecule has 0 spiro atoms. The third kappa shape index (κ3) is 2.62. The van der Waals surface area contributed by atoms with E-state index in [2.05, 4.69) is 0 Å². The Labute approximate surface area is 67.9 Å². The van der Waals surface area contributed by atoms with Gasteiger partial charge in [0.2, 0.25) is 0 Å². The standard InChI is InChI=1S/C9H16O2/c1-2-11-9(7-10)6-8-4-3-5-8/h7-9H,2-6H2,1H3. The predicted octanol–water partition coefficient (Wildman–Crippen LogP) is 1.78. The average Bonchev–Trinajstić information content (AvgIpc) is 1.94. The third-order valence-electron chi connectivity index (χ3n) is 2.32. The molecule has 0 aromatic carbocycles. The van der Waals surface area contributed by atoms with Crippen LogP contribution in [0.5, 0.6) is 0 Å². The highest BCUT2D eigenvalue weighted by Gasteiger charge is 2.21. The molecule has 2 nitrogen and oxygen atoms in total. The van der Waals surface area contributed by atoms with E-state index >= 15 is 0 Å². The summed E-state index contributed by atoms with van der Waals surface area (Å²) in [7, 11) is 0. The van der Waals surface area contributed by atoms with Crippen molar-refractivity contribution in [1.29, 1.82) is 0 Å². The molecule has 2 heteroatoms. The average molecular weight is 156 g/mol. The Hall–Kier alpha value is -0.370. The first-order valence-corrected chi connectivity index (χ1v) is 4.43. The first kappa shape index (κ1) is 8.72. The smallest absolute Gasteiger partial charge is 0.148 e. The van der Waals surface area contributed by atoms with Crippen molar-refractivity contribution in [2.24, 2.45) is 5.92 Å². The van der Waals surface area contributed by atoms with E-state index in [1.807, 2.05) is 6.92 Å². The van der Waals surface area contributed by atoms with Crippen LogP contribution < -0.4 is 0 Å². The highest BCUT2D eigenvalue weighted by Crippen LogP contribution is 2.30. The van der Waals surface area contributed by atoms with Crippen LogP contribution in [0.1, 0.15) is 32.6 Å². The topological polar surface area (TPSA) is 26.3 Å². The van der Waals surface area contributed by atoms with Gasteiger partial charge in [-0.25, -0.2) is 0 Å². The molecule has 1 rings (SSSR count). The quantitative estimate of drug-likeness (QED) is 0.567. The summed E-state index contributed by atoms with van der Waals surface area (Å²) < 4.78 is 5.23. The summed E-state index contributed by atoms with van der Waals surface area (Å²) in [4.78, 5) is 10.4. The molecule has 0 N–H and O–H groups in total. The number of rotatable bonds is 5. The summed E-state index contributed by atoms with van der Waals surface area (Å²) in [6.45, 7) is 2.58. The molecule has 1 unspecified atom stereocenters. The minimum Gasteiger partial charge on any atom is -0.371 e. The molecule has 0 amide bonds. The molecule has 64 valence electrons. The Bertz CT molecular complexity index is 119. The number of carbonyl (C=O) groups is 1. The normalized spacial score (nSPS) is 20.8. The largest absolute Gasteiger partial charge is 0.371 e. The van der Waals surface area contributed by atoms with Crippen molar-refractivity contribution >= 4 is 6.29 Å². The maximum atomic E-state index is 10.4.